The molecule has 2 aromatic heterocycles. The molecule has 8 heteroatoms. The summed E-state index contributed by atoms with van der Waals surface area (Å²) in [6.07, 6.45) is 6.05. The zero-order chi connectivity index (χ0) is 22.0. The molecular weight excluding hydrogens is 395 g/mol. The predicted molar refractivity (Wildman–Crippen MR) is 118 cm³/mol. The smallest absolute Gasteiger partial charge is 0.166 e. The average molecular weight is 418 g/mol. The molecule has 1 aromatic carbocycles. The Hall–Kier alpha value is -3.81. The minimum atomic E-state index is -0.513. The molecule has 0 aliphatic carbocycles. The molecule has 158 valence electrons. The number of hydrogen-bond donors (Lipinski definition) is 3. The standard InChI is InChI=1S/C23H23FN6O/c1-3-28-21-14(9-25)6-15-10-27-12-30-22(15)18-5-4-17(24)8-19(18)13(2)31-20-7-16(21)11-29-23(20)26/h4-5,7-13,25,28H,3,6H2,1-2H3,(H2,26,29)/b21-14-,25-9?. The van der Waals surface area contributed by atoms with Crippen molar-refractivity contribution in [3.63, 3.8) is 0 Å². The lowest BCUT2D eigenvalue weighted by Crippen LogP contribution is -2.17. The van der Waals surface area contributed by atoms with Gasteiger partial charge < -0.3 is 21.2 Å². The highest BCUT2D eigenvalue weighted by atomic mass is 19.1. The summed E-state index contributed by atoms with van der Waals surface area (Å²) < 4.78 is 20.3. The number of aromatic nitrogens is 3. The summed E-state index contributed by atoms with van der Waals surface area (Å²) in [6.45, 7) is 4.47. The lowest BCUT2D eigenvalue weighted by molar-refractivity contribution is 0.227. The van der Waals surface area contributed by atoms with E-state index >= 15 is 0 Å². The van der Waals surface area contributed by atoms with Crippen LogP contribution in [-0.4, -0.2) is 27.7 Å². The van der Waals surface area contributed by atoms with Crippen molar-refractivity contribution >= 4 is 17.7 Å². The second-order valence-corrected chi connectivity index (χ2v) is 7.25. The van der Waals surface area contributed by atoms with E-state index in [4.69, 9.17) is 15.9 Å². The Morgan fingerprint density at radius 3 is 2.90 bits per heavy atom. The normalized spacial score (nSPS) is 18.0. The molecule has 31 heavy (non-hydrogen) atoms. The lowest BCUT2D eigenvalue weighted by Gasteiger charge is -2.23. The van der Waals surface area contributed by atoms with Crippen LogP contribution < -0.4 is 15.8 Å². The molecule has 7 nitrogen and oxygen atoms in total. The number of ether oxygens (including phenoxy) is 1. The molecular formula is C23H23FN6O. The Balaban J connectivity index is 2.03. The van der Waals surface area contributed by atoms with Crippen LogP contribution in [0.15, 0.2) is 48.6 Å². The fourth-order valence-corrected chi connectivity index (χ4v) is 3.75. The maximum absolute atomic E-state index is 14.2. The van der Waals surface area contributed by atoms with Crippen LogP contribution in [0.4, 0.5) is 10.2 Å². The van der Waals surface area contributed by atoms with E-state index in [0.29, 0.717) is 30.0 Å². The van der Waals surface area contributed by atoms with Gasteiger partial charge in [-0.1, -0.05) is 0 Å². The average Bonchev–Trinajstić information content (AvgIpc) is 2.77. The predicted octanol–water partition coefficient (Wildman–Crippen LogP) is 3.93. The molecule has 0 spiro atoms. The van der Waals surface area contributed by atoms with E-state index in [2.05, 4.69) is 20.3 Å². The minimum absolute atomic E-state index is 0.237. The summed E-state index contributed by atoms with van der Waals surface area (Å²) in [7, 11) is 0. The first-order valence-electron chi connectivity index (χ1n) is 10.0. The van der Waals surface area contributed by atoms with Crippen molar-refractivity contribution in [1.82, 2.24) is 20.3 Å². The summed E-state index contributed by atoms with van der Waals surface area (Å²) in [6, 6.07) is 6.34. The second-order valence-electron chi connectivity index (χ2n) is 7.25. The maximum atomic E-state index is 14.2. The van der Waals surface area contributed by atoms with E-state index in [-0.39, 0.29) is 11.6 Å². The zero-order valence-corrected chi connectivity index (χ0v) is 17.3. The van der Waals surface area contributed by atoms with Crippen molar-refractivity contribution in [1.29, 1.82) is 5.41 Å². The summed E-state index contributed by atoms with van der Waals surface area (Å²) >= 11 is 0. The van der Waals surface area contributed by atoms with Crippen LogP contribution >= 0.6 is 0 Å². The van der Waals surface area contributed by atoms with Crippen molar-refractivity contribution in [3.8, 4) is 17.0 Å². The first-order chi connectivity index (χ1) is 15.0. The number of allylic oxidation sites excluding steroid dienone is 1. The molecule has 4 N–H and O–H groups in total. The number of pyridine rings is 1. The van der Waals surface area contributed by atoms with E-state index in [0.717, 1.165) is 28.0 Å². The third-order valence-corrected chi connectivity index (χ3v) is 5.20. The molecule has 1 atom stereocenters. The molecule has 0 amide bonds. The molecule has 4 rings (SSSR count). The van der Waals surface area contributed by atoms with Crippen molar-refractivity contribution in [2.24, 2.45) is 0 Å². The quantitative estimate of drug-likeness (QED) is 0.556. The fraction of sp³-hybridized carbons (Fsp3) is 0.217. The third-order valence-electron chi connectivity index (χ3n) is 5.20. The fourth-order valence-electron chi connectivity index (χ4n) is 3.75. The van der Waals surface area contributed by atoms with Gasteiger partial charge in [0.05, 0.1) is 5.69 Å². The van der Waals surface area contributed by atoms with Crippen LogP contribution in [0, 0.1) is 11.2 Å². The van der Waals surface area contributed by atoms with E-state index in [9.17, 15) is 4.39 Å². The summed E-state index contributed by atoms with van der Waals surface area (Å²) in [4.78, 5) is 13.0. The van der Waals surface area contributed by atoms with Gasteiger partial charge >= 0.3 is 0 Å². The Labute approximate surface area is 179 Å². The van der Waals surface area contributed by atoms with Gasteiger partial charge in [0.2, 0.25) is 0 Å². The lowest BCUT2D eigenvalue weighted by atomic mass is 9.93. The second kappa shape index (κ2) is 8.51. The Morgan fingerprint density at radius 1 is 1.29 bits per heavy atom. The first kappa shape index (κ1) is 20.5. The molecule has 1 aliphatic rings. The molecule has 2 bridgehead atoms. The summed E-state index contributed by atoms with van der Waals surface area (Å²) in [5, 5.41) is 11.4. The van der Waals surface area contributed by atoms with E-state index in [1.165, 1.54) is 24.7 Å². The summed E-state index contributed by atoms with van der Waals surface area (Å²) in [5.74, 6) is 0.260. The van der Waals surface area contributed by atoms with Crippen molar-refractivity contribution in [2.45, 2.75) is 26.4 Å². The number of hydrogen-bond acceptors (Lipinski definition) is 7. The maximum Gasteiger partial charge on any atom is 0.166 e. The third kappa shape index (κ3) is 3.96. The molecule has 0 saturated heterocycles. The van der Waals surface area contributed by atoms with Crippen molar-refractivity contribution < 1.29 is 9.13 Å². The Kier molecular flexibility index (Phi) is 5.62. The van der Waals surface area contributed by atoms with Crippen LogP contribution in [0.3, 0.4) is 0 Å². The number of fused-ring (bicyclic) bond motifs is 5. The molecule has 0 fully saturated rings. The summed E-state index contributed by atoms with van der Waals surface area (Å²) in [5.41, 5.74) is 11.2. The largest absolute Gasteiger partial charge is 0.482 e. The first-order valence-corrected chi connectivity index (χ1v) is 10.0. The number of rotatable bonds is 3. The van der Waals surface area contributed by atoms with Gasteiger partial charge in [-0.2, -0.15) is 0 Å². The van der Waals surface area contributed by atoms with E-state index < -0.39 is 6.10 Å². The van der Waals surface area contributed by atoms with Gasteiger partial charge in [-0.05, 0) is 43.7 Å². The highest BCUT2D eigenvalue weighted by Crippen LogP contribution is 2.36. The van der Waals surface area contributed by atoms with Gasteiger partial charge in [-0.3, -0.25) is 0 Å². The SMILES string of the molecule is CCN/C1=C(\C=N)Cc2cncnc2-c2ccc(F)cc2C(C)Oc2cc1cnc2N. The van der Waals surface area contributed by atoms with Gasteiger partial charge in [0.1, 0.15) is 18.2 Å². The van der Waals surface area contributed by atoms with Gasteiger partial charge in [-0.25, -0.2) is 19.3 Å². The Bertz CT molecular complexity index is 1180. The van der Waals surface area contributed by atoms with Crippen molar-refractivity contribution in [3.05, 3.63) is 71.1 Å². The Morgan fingerprint density at radius 2 is 2.13 bits per heavy atom. The topological polar surface area (TPSA) is 110 Å². The van der Waals surface area contributed by atoms with Gasteiger partial charge in [0, 0.05) is 59.5 Å². The number of nitrogens with two attached hydrogens (primary N) is 1. The van der Waals surface area contributed by atoms with Crippen LogP contribution in [0.25, 0.3) is 17.0 Å². The monoisotopic (exact) mass is 418 g/mol. The number of anilines is 1. The highest BCUT2D eigenvalue weighted by Gasteiger charge is 2.22. The number of nitrogens with zero attached hydrogens (tertiary/aromatic N) is 3. The van der Waals surface area contributed by atoms with Crippen LogP contribution in [0.1, 0.15) is 36.6 Å². The zero-order valence-electron chi connectivity index (χ0n) is 17.3. The van der Waals surface area contributed by atoms with Gasteiger partial charge in [0.15, 0.2) is 11.6 Å². The molecule has 3 aromatic rings. The van der Waals surface area contributed by atoms with Crippen LogP contribution in [0.5, 0.6) is 5.75 Å². The molecule has 0 saturated carbocycles. The van der Waals surface area contributed by atoms with Crippen LogP contribution in [0.2, 0.25) is 0 Å². The van der Waals surface area contributed by atoms with Crippen LogP contribution in [-0.2, 0) is 6.42 Å². The van der Waals surface area contributed by atoms with Gasteiger partial charge in [-0.15, -0.1) is 0 Å². The molecule has 1 unspecified atom stereocenters. The molecule has 1 aliphatic heterocycles. The number of halogens is 1. The molecule has 3 heterocycles. The number of nitrogen functional groups attached to an aromatic ring is 1. The number of benzene rings is 1. The molecule has 0 radical (unpaired) electrons. The van der Waals surface area contributed by atoms with E-state index in [1.54, 1.807) is 24.5 Å². The van der Waals surface area contributed by atoms with Gasteiger partial charge in [0.25, 0.3) is 0 Å². The highest BCUT2D eigenvalue weighted by molar-refractivity contribution is 5.90. The number of nitrogens with one attached hydrogen (secondary N) is 2. The van der Waals surface area contributed by atoms with Crippen molar-refractivity contribution in [2.75, 3.05) is 12.3 Å². The minimum Gasteiger partial charge on any atom is -0.482 e. The van der Waals surface area contributed by atoms with E-state index in [1.807, 2.05) is 13.8 Å².